The molecule has 1 heterocycles. The van der Waals surface area contributed by atoms with Crippen molar-refractivity contribution >= 4 is 11.0 Å². The number of aromatic nitrogens is 2. The number of hydrogen-bond donors (Lipinski definition) is 1. The minimum Gasteiger partial charge on any atom is -0.323 e. The van der Waals surface area contributed by atoms with Crippen molar-refractivity contribution < 1.29 is 0 Å². The fourth-order valence-corrected chi connectivity index (χ4v) is 1.87. The van der Waals surface area contributed by atoms with Crippen molar-refractivity contribution in [1.29, 1.82) is 0 Å². The zero-order valence-corrected chi connectivity index (χ0v) is 10.4. The van der Waals surface area contributed by atoms with Gasteiger partial charge in [0.05, 0.1) is 22.9 Å². The van der Waals surface area contributed by atoms with Gasteiger partial charge in [0, 0.05) is 6.04 Å². The molecular formula is C14H19N3. The quantitative estimate of drug-likeness (QED) is 0.876. The van der Waals surface area contributed by atoms with Gasteiger partial charge in [0.25, 0.3) is 0 Å². The molecule has 1 aromatic heterocycles. The van der Waals surface area contributed by atoms with Crippen LogP contribution in [0.3, 0.4) is 0 Å². The lowest BCUT2D eigenvalue weighted by Gasteiger charge is -2.15. The van der Waals surface area contributed by atoms with Crippen molar-refractivity contribution in [3.63, 3.8) is 0 Å². The Morgan fingerprint density at radius 2 is 1.94 bits per heavy atom. The highest BCUT2D eigenvalue weighted by Gasteiger charge is 2.12. The number of nitrogens with two attached hydrogens (primary N) is 1. The maximum Gasteiger partial charge on any atom is 0.0890 e. The van der Waals surface area contributed by atoms with Gasteiger partial charge in [0.1, 0.15) is 0 Å². The molecule has 3 heteroatoms. The average molecular weight is 229 g/mol. The number of benzene rings is 1. The molecule has 90 valence electrons. The molecule has 2 rings (SSSR count). The van der Waals surface area contributed by atoms with Gasteiger partial charge in [-0.05, 0) is 24.5 Å². The third-order valence-corrected chi connectivity index (χ3v) is 3.20. The standard InChI is InChI=1S/C14H19N3/c1-3-10(2)8-11(15)14-9-16-12-6-4-5-7-13(12)17-14/h4-7,9-11H,3,8,15H2,1-2H3. The van der Waals surface area contributed by atoms with Crippen molar-refractivity contribution in [2.75, 3.05) is 0 Å². The number of rotatable bonds is 4. The first kappa shape index (κ1) is 12.0. The Bertz CT molecular complexity index is 496. The topological polar surface area (TPSA) is 51.8 Å². The van der Waals surface area contributed by atoms with E-state index in [1.807, 2.05) is 24.3 Å². The molecule has 17 heavy (non-hydrogen) atoms. The molecule has 0 radical (unpaired) electrons. The molecule has 2 unspecified atom stereocenters. The zero-order valence-electron chi connectivity index (χ0n) is 10.4. The van der Waals surface area contributed by atoms with Gasteiger partial charge in [0.15, 0.2) is 0 Å². The van der Waals surface area contributed by atoms with Crippen molar-refractivity contribution in [2.24, 2.45) is 11.7 Å². The maximum atomic E-state index is 6.16. The lowest BCUT2D eigenvalue weighted by molar-refractivity contribution is 0.456. The first-order chi connectivity index (χ1) is 8.20. The summed E-state index contributed by atoms with van der Waals surface area (Å²) in [5.74, 6) is 0.623. The lowest BCUT2D eigenvalue weighted by atomic mass is 9.98. The summed E-state index contributed by atoms with van der Waals surface area (Å²) in [6.45, 7) is 4.40. The molecule has 0 saturated carbocycles. The predicted molar refractivity (Wildman–Crippen MR) is 70.5 cm³/mol. The average Bonchev–Trinajstić information content (AvgIpc) is 2.38. The van der Waals surface area contributed by atoms with Crippen molar-refractivity contribution in [3.8, 4) is 0 Å². The van der Waals surface area contributed by atoms with E-state index < -0.39 is 0 Å². The summed E-state index contributed by atoms with van der Waals surface area (Å²) in [6, 6.07) is 7.87. The van der Waals surface area contributed by atoms with E-state index in [2.05, 4.69) is 23.8 Å². The molecule has 0 aliphatic carbocycles. The Labute approximate surface area is 102 Å². The minimum absolute atomic E-state index is 0.0120. The van der Waals surface area contributed by atoms with Crippen LogP contribution in [0.15, 0.2) is 30.5 Å². The summed E-state index contributed by atoms with van der Waals surface area (Å²) in [5.41, 5.74) is 8.90. The normalized spacial score (nSPS) is 14.8. The van der Waals surface area contributed by atoms with Gasteiger partial charge < -0.3 is 5.73 Å². The van der Waals surface area contributed by atoms with Crippen LogP contribution in [0.2, 0.25) is 0 Å². The van der Waals surface area contributed by atoms with Crippen molar-refractivity contribution in [1.82, 2.24) is 9.97 Å². The van der Waals surface area contributed by atoms with Crippen LogP contribution in [0.5, 0.6) is 0 Å². The van der Waals surface area contributed by atoms with Gasteiger partial charge in [-0.3, -0.25) is 4.98 Å². The van der Waals surface area contributed by atoms with Gasteiger partial charge in [-0.2, -0.15) is 0 Å². The zero-order chi connectivity index (χ0) is 12.3. The van der Waals surface area contributed by atoms with E-state index in [1.165, 1.54) is 0 Å². The third-order valence-electron chi connectivity index (χ3n) is 3.20. The molecule has 2 N–H and O–H groups in total. The monoisotopic (exact) mass is 229 g/mol. The molecule has 0 fully saturated rings. The Morgan fingerprint density at radius 1 is 1.24 bits per heavy atom. The van der Waals surface area contributed by atoms with Crippen LogP contribution in [0.4, 0.5) is 0 Å². The van der Waals surface area contributed by atoms with Gasteiger partial charge in [-0.25, -0.2) is 4.98 Å². The molecule has 2 atom stereocenters. The van der Waals surface area contributed by atoms with Crippen LogP contribution in [-0.4, -0.2) is 9.97 Å². The van der Waals surface area contributed by atoms with Gasteiger partial charge in [-0.15, -0.1) is 0 Å². The fraction of sp³-hybridized carbons (Fsp3) is 0.429. The van der Waals surface area contributed by atoms with E-state index in [9.17, 15) is 0 Å². The second-order valence-corrected chi connectivity index (χ2v) is 4.64. The molecular weight excluding hydrogens is 210 g/mol. The molecule has 3 nitrogen and oxygen atoms in total. The lowest BCUT2D eigenvalue weighted by Crippen LogP contribution is -2.15. The molecule has 1 aromatic carbocycles. The predicted octanol–water partition coefficient (Wildman–Crippen LogP) is 3.07. The Morgan fingerprint density at radius 3 is 2.65 bits per heavy atom. The molecule has 0 spiro atoms. The number of hydrogen-bond acceptors (Lipinski definition) is 3. The second-order valence-electron chi connectivity index (χ2n) is 4.64. The number of fused-ring (bicyclic) bond motifs is 1. The number of para-hydroxylation sites is 2. The largest absolute Gasteiger partial charge is 0.323 e. The molecule has 2 aromatic rings. The molecule has 0 amide bonds. The highest BCUT2D eigenvalue weighted by atomic mass is 14.8. The van der Waals surface area contributed by atoms with E-state index in [-0.39, 0.29) is 6.04 Å². The van der Waals surface area contributed by atoms with Crippen molar-refractivity contribution in [2.45, 2.75) is 32.7 Å². The van der Waals surface area contributed by atoms with E-state index in [0.717, 1.165) is 29.6 Å². The van der Waals surface area contributed by atoms with E-state index >= 15 is 0 Å². The summed E-state index contributed by atoms with van der Waals surface area (Å²) >= 11 is 0. The van der Waals surface area contributed by atoms with Crippen LogP contribution in [-0.2, 0) is 0 Å². The number of nitrogens with zero attached hydrogens (tertiary/aromatic N) is 2. The van der Waals surface area contributed by atoms with E-state index in [4.69, 9.17) is 5.73 Å². The summed E-state index contributed by atoms with van der Waals surface area (Å²) in [5, 5.41) is 0. The van der Waals surface area contributed by atoms with Crippen LogP contribution < -0.4 is 5.73 Å². The fourth-order valence-electron chi connectivity index (χ4n) is 1.87. The summed E-state index contributed by atoms with van der Waals surface area (Å²) in [7, 11) is 0. The minimum atomic E-state index is -0.0120. The Kier molecular flexibility index (Phi) is 3.69. The maximum absolute atomic E-state index is 6.16. The third kappa shape index (κ3) is 2.80. The molecule has 0 aliphatic heterocycles. The van der Waals surface area contributed by atoms with Crippen molar-refractivity contribution in [3.05, 3.63) is 36.2 Å². The molecule has 0 saturated heterocycles. The van der Waals surface area contributed by atoms with E-state index in [1.54, 1.807) is 6.20 Å². The van der Waals surface area contributed by atoms with Crippen LogP contribution in [0, 0.1) is 5.92 Å². The van der Waals surface area contributed by atoms with Crippen LogP contribution >= 0.6 is 0 Å². The Balaban J connectivity index is 2.23. The first-order valence-corrected chi connectivity index (χ1v) is 6.18. The molecule has 0 aliphatic rings. The van der Waals surface area contributed by atoms with Crippen LogP contribution in [0.1, 0.15) is 38.4 Å². The second kappa shape index (κ2) is 5.23. The van der Waals surface area contributed by atoms with Gasteiger partial charge >= 0.3 is 0 Å². The smallest absolute Gasteiger partial charge is 0.0890 e. The summed E-state index contributed by atoms with van der Waals surface area (Å²) < 4.78 is 0. The highest BCUT2D eigenvalue weighted by Crippen LogP contribution is 2.20. The summed E-state index contributed by atoms with van der Waals surface area (Å²) in [4.78, 5) is 8.97. The first-order valence-electron chi connectivity index (χ1n) is 6.18. The van der Waals surface area contributed by atoms with Crippen LogP contribution in [0.25, 0.3) is 11.0 Å². The SMILES string of the molecule is CCC(C)CC(N)c1cnc2ccccc2n1. The highest BCUT2D eigenvalue weighted by molar-refractivity contribution is 5.73. The summed E-state index contributed by atoms with van der Waals surface area (Å²) in [6.07, 6.45) is 3.91. The van der Waals surface area contributed by atoms with Gasteiger partial charge in [0.2, 0.25) is 0 Å². The Hall–Kier alpha value is -1.48. The molecule has 0 bridgehead atoms. The van der Waals surface area contributed by atoms with E-state index in [0.29, 0.717) is 5.92 Å². The van der Waals surface area contributed by atoms with Gasteiger partial charge in [-0.1, -0.05) is 32.4 Å².